The van der Waals surface area contributed by atoms with Crippen LogP contribution in [0, 0.1) is 0 Å². The van der Waals surface area contributed by atoms with Gasteiger partial charge in [-0.1, -0.05) is 18.2 Å². The summed E-state index contributed by atoms with van der Waals surface area (Å²) in [4.78, 5) is 12.0. The van der Waals surface area contributed by atoms with E-state index in [-0.39, 0.29) is 5.78 Å². The van der Waals surface area contributed by atoms with Gasteiger partial charge in [0.1, 0.15) is 5.75 Å². The zero-order valence-electron chi connectivity index (χ0n) is 11.7. The first kappa shape index (κ1) is 14.1. The van der Waals surface area contributed by atoms with Gasteiger partial charge in [0.2, 0.25) is 0 Å². The van der Waals surface area contributed by atoms with Gasteiger partial charge in [-0.25, -0.2) is 0 Å². The van der Waals surface area contributed by atoms with E-state index in [4.69, 9.17) is 4.74 Å². The van der Waals surface area contributed by atoms with Gasteiger partial charge in [0.05, 0.1) is 18.4 Å². The average Bonchev–Trinajstić information content (AvgIpc) is 2.94. The third-order valence-electron chi connectivity index (χ3n) is 2.84. The van der Waals surface area contributed by atoms with Crippen LogP contribution in [0.4, 0.5) is 0 Å². The molecule has 104 valence electrons. The Labute approximate surface area is 118 Å². The molecule has 0 amide bonds. The van der Waals surface area contributed by atoms with Crippen molar-refractivity contribution < 1.29 is 9.53 Å². The van der Waals surface area contributed by atoms with Crippen molar-refractivity contribution in [3.05, 3.63) is 53.9 Å². The minimum Gasteiger partial charge on any atom is -0.494 e. The van der Waals surface area contributed by atoms with E-state index in [0.717, 1.165) is 17.9 Å². The molecule has 0 spiro atoms. The Morgan fingerprint density at radius 2 is 2.25 bits per heavy atom. The first-order valence-corrected chi connectivity index (χ1v) is 6.70. The maximum atomic E-state index is 12.0. The molecule has 0 atom stereocenters. The number of aromatic nitrogens is 2. The van der Waals surface area contributed by atoms with Crippen molar-refractivity contribution in [2.24, 2.45) is 0 Å². The lowest BCUT2D eigenvalue weighted by atomic mass is 10.1. The zero-order valence-corrected chi connectivity index (χ0v) is 11.7. The maximum Gasteiger partial charge on any atom is 0.189 e. The zero-order chi connectivity index (χ0) is 14.4. The van der Waals surface area contributed by atoms with Crippen molar-refractivity contribution in [3.8, 4) is 5.75 Å². The molecule has 1 aromatic carbocycles. The van der Waals surface area contributed by atoms with Crippen LogP contribution in [-0.4, -0.2) is 22.2 Å². The van der Waals surface area contributed by atoms with Gasteiger partial charge in [-0.2, -0.15) is 5.10 Å². The first-order valence-electron chi connectivity index (χ1n) is 6.70. The van der Waals surface area contributed by atoms with Gasteiger partial charge in [0.15, 0.2) is 5.78 Å². The number of ketones is 1. The Kier molecular flexibility index (Phi) is 4.71. The molecule has 0 bridgehead atoms. The van der Waals surface area contributed by atoms with Crippen molar-refractivity contribution in [2.45, 2.75) is 20.4 Å². The largest absolute Gasteiger partial charge is 0.494 e. The predicted octanol–water partition coefficient (Wildman–Crippen LogP) is 3.20. The highest BCUT2D eigenvalue weighted by Gasteiger charge is 2.04. The van der Waals surface area contributed by atoms with E-state index in [2.05, 4.69) is 5.10 Å². The standard InChI is InChI=1S/C16H18N2O2/c1-3-18-12-14(11-17-18)16(19)9-8-13-6-5-7-15(10-13)20-4-2/h5-12H,3-4H2,1-2H3. The highest BCUT2D eigenvalue weighted by atomic mass is 16.5. The van der Waals surface area contributed by atoms with Crippen LogP contribution in [0.5, 0.6) is 5.75 Å². The van der Waals surface area contributed by atoms with Crippen LogP contribution in [0.15, 0.2) is 42.7 Å². The topological polar surface area (TPSA) is 44.1 Å². The van der Waals surface area contributed by atoms with Crippen LogP contribution in [0.2, 0.25) is 0 Å². The van der Waals surface area contributed by atoms with Crippen LogP contribution >= 0.6 is 0 Å². The van der Waals surface area contributed by atoms with Crippen LogP contribution < -0.4 is 4.74 Å². The van der Waals surface area contributed by atoms with Gasteiger partial charge >= 0.3 is 0 Å². The monoisotopic (exact) mass is 270 g/mol. The molecule has 0 unspecified atom stereocenters. The molecular weight excluding hydrogens is 252 g/mol. The third-order valence-corrected chi connectivity index (χ3v) is 2.84. The van der Waals surface area contributed by atoms with E-state index < -0.39 is 0 Å². The number of benzene rings is 1. The van der Waals surface area contributed by atoms with Gasteiger partial charge in [-0.05, 0) is 37.6 Å². The molecule has 0 fully saturated rings. The van der Waals surface area contributed by atoms with Crippen LogP contribution in [-0.2, 0) is 6.54 Å². The van der Waals surface area contributed by atoms with Crippen LogP contribution in [0.25, 0.3) is 6.08 Å². The maximum absolute atomic E-state index is 12.0. The second kappa shape index (κ2) is 6.70. The molecule has 1 heterocycles. The molecule has 4 nitrogen and oxygen atoms in total. The molecule has 0 aliphatic rings. The molecule has 0 saturated carbocycles. The summed E-state index contributed by atoms with van der Waals surface area (Å²) in [5.41, 5.74) is 1.54. The lowest BCUT2D eigenvalue weighted by Gasteiger charge is -2.02. The number of ether oxygens (including phenoxy) is 1. The van der Waals surface area contributed by atoms with Crippen LogP contribution in [0.1, 0.15) is 29.8 Å². The minimum atomic E-state index is -0.0495. The number of nitrogens with zero attached hydrogens (tertiary/aromatic N) is 2. The lowest BCUT2D eigenvalue weighted by Crippen LogP contribution is -1.94. The second-order valence-corrected chi connectivity index (χ2v) is 4.29. The summed E-state index contributed by atoms with van der Waals surface area (Å²) < 4.78 is 7.16. The molecule has 0 radical (unpaired) electrons. The predicted molar refractivity (Wildman–Crippen MR) is 78.9 cm³/mol. The number of carbonyl (C=O) groups is 1. The van der Waals surface area contributed by atoms with Crippen molar-refractivity contribution in [2.75, 3.05) is 6.61 Å². The quantitative estimate of drug-likeness (QED) is 0.598. The fourth-order valence-electron chi connectivity index (χ4n) is 1.81. The molecule has 0 aliphatic carbocycles. The fourth-order valence-corrected chi connectivity index (χ4v) is 1.81. The Bertz CT molecular complexity index is 614. The smallest absolute Gasteiger partial charge is 0.189 e. The highest BCUT2D eigenvalue weighted by Crippen LogP contribution is 2.14. The lowest BCUT2D eigenvalue weighted by molar-refractivity contribution is 0.104. The molecule has 0 saturated heterocycles. The number of aryl methyl sites for hydroxylation is 1. The van der Waals surface area contributed by atoms with Crippen molar-refractivity contribution >= 4 is 11.9 Å². The summed E-state index contributed by atoms with van der Waals surface area (Å²) in [5, 5.41) is 4.09. The Morgan fingerprint density at radius 1 is 1.40 bits per heavy atom. The second-order valence-electron chi connectivity index (χ2n) is 4.29. The molecule has 2 rings (SSSR count). The first-order chi connectivity index (χ1) is 9.72. The minimum absolute atomic E-state index is 0.0495. The molecule has 20 heavy (non-hydrogen) atoms. The fraction of sp³-hybridized carbons (Fsp3) is 0.250. The molecule has 0 N–H and O–H groups in total. The Morgan fingerprint density at radius 3 is 2.95 bits per heavy atom. The number of rotatable bonds is 6. The summed E-state index contributed by atoms with van der Waals surface area (Å²) in [5.74, 6) is 0.757. The van der Waals surface area contributed by atoms with Gasteiger partial charge in [0, 0.05) is 12.7 Å². The molecule has 1 aromatic heterocycles. The van der Waals surface area contributed by atoms with Gasteiger partial charge in [0.25, 0.3) is 0 Å². The summed E-state index contributed by atoms with van der Waals surface area (Å²) in [7, 11) is 0. The van der Waals surface area contributed by atoms with Crippen molar-refractivity contribution in [1.82, 2.24) is 9.78 Å². The highest BCUT2D eigenvalue weighted by molar-refractivity contribution is 6.06. The normalized spacial score (nSPS) is 10.9. The van der Waals surface area contributed by atoms with Crippen LogP contribution in [0.3, 0.4) is 0 Å². The van der Waals surface area contributed by atoms with Gasteiger partial charge < -0.3 is 4.74 Å². The third kappa shape index (κ3) is 3.57. The number of hydrogen-bond acceptors (Lipinski definition) is 3. The van der Waals surface area contributed by atoms with E-state index in [1.807, 2.05) is 38.1 Å². The molecular formula is C16H18N2O2. The van der Waals surface area contributed by atoms with E-state index in [0.29, 0.717) is 12.2 Å². The van der Waals surface area contributed by atoms with E-state index in [1.54, 1.807) is 29.2 Å². The summed E-state index contributed by atoms with van der Waals surface area (Å²) in [6.07, 6.45) is 6.69. The van der Waals surface area contributed by atoms with Crippen molar-refractivity contribution in [3.63, 3.8) is 0 Å². The molecule has 2 aromatic rings. The summed E-state index contributed by atoms with van der Waals surface area (Å²) in [6.45, 7) is 5.31. The van der Waals surface area contributed by atoms with Crippen molar-refractivity contribution in [1.29, 1.82) is 0 Å². The van der Waals surface area contributed by atoms with Gasteiger partial charge in [-0.3, -0.25) is 9.48 Å². The molecule has 4 heteroatoms. The van der Waals surface area contributed by atoms with E-state index >= 15 is 0 Å². The summed E-state index contributed by atoms with van der Waals surface area (Å²) in [6, 6.07) is 7.64. The van der Waals surface area contributed by atoms with E-state index in [1.165, 1.54) is 0 Å². The number of carbonyl (C=O) groups excluding carboxylic acids is 1. The summed E-state index contributed by atoms with van der Waals surface area (Å²) >= 11 is 0. The van der Waals surface area contributed by atoms with Gasteiger partial charge in [-0.15, -0.1) is 0 Å². The number of hydrogen-bond donors (Lipinski definition) is 0. The number of allylic oxidation sites excluding steroid dienone is 1. The SMILES string of the molecule is CCOc1cccc(C=CC(=O)c2cnn(CC)c2)c1. The Balaban J connectivity index is 2.08. The average molecular weight is 270 g/mol. The molecule has 0 aliphatic heterocycles. The van der Waals surface area contributed by atoms with E-state index in [9.17, 15) is 4.79 Å². The Hall–Kier alpha value is -2.36.